The third-order valence-corrected chi connectivity index (χ3v) is 7.78. The molecule has 0 amide bonds. The highest BCUT2D eigenvalue weighted by Gasteiger charge is 2.18. The van der Waals surface area contributed by atoms with E-state index in [0.29, 0.717) is 47.9 Å². The number of aromatic nitrogens is 5. The molecule has 9 nitrogen and oxygen atoms in total. The van der Waals surface area contributed by atoms with Crippen LogP contribution in [0.15, 0.2) is 65.3 Å². The molecule has 2 aromatic carbocycles. The van der Waals surface area contributed by atoms with Crippen LogP contribution in [0.3, 0.4) is 0 Å². The Hall–Kier alpha value is -3.86. The number of fused-ring (bicyclic) bond motifs is 1. The van der Waals surface area contributed by atoms with Gasteiger partial charge in [-0.1, -0.05) is 30.9 Å². The Morgan fingerprint density at radius 1 is 1.03 bits per heavy atom. The first-order valence-corrected chi connectivity index (χ1v) is 16.2. The van der Waals surface area contributed by atoms with Gasteiger partial charge in [-0.3, -0.25) is 9.55 Å². The molecule has 10 heteroatoms. The molecule has 0 radical (unpaired) electrons. The van der Waals surface area contributed by atoms with E-state index >= 15 is 0 Å². The fourth-order valence-corrected chi connectivity index (χ4v) is 4.74. The molecule has 0 fully saturated rings. The molecule has 0 saturated carbocycles. The van der Waals surface area contributed by atoms with Gasteiger partial charge in [0.1, 0.15) is 23.9 Å². The van der Waals surface area contributed by atoms with E-state index in [2.05, 4.69) is 34.8 Å². The molecule has 0 unspecified atom stereocenters. The minimum absolute atomic E-state index is 0.188. The van der Waals surface area contributed by atoms with Crippen LogP contribution in [-0.4, -0.2) is 44.5 Å². The SMILES string of the molecule is Cc1nc(-c2ccc(Oc3cc4nc(-c5ccccn5)n(COCC[Si](C)(C)C)c4cc3CO)cc2)no1. The maximum atomic E-state index is 10.2. The van der Waals surface area contributed by atoms with Gasteiger partial charge in [0, 0.05) is 45.0 Å². The molecule has 0 aliphatic heterocycles. The third-order valence-electron chi connectivity index (χ3n) is 6.08. The van der Waals surface area contributed by atoms with Crippen LogP contribution in [0.25, 0.3) is 33.9 Å². The summed E-state index contributed by atoms with van der Waals surface area (Å²) in [7, 11) is -1.22. The van der Waals surface area contributed by atoms with Gasteiger partial charge in [0.2, 0.25) is 11.7 Å². The van der Waals surface area contributed by atoms with Gasteiger partial charge in [0.15, 0.2) is 5.82 Å². The van der Waals surface area contributed by atoms with Gasteiger partial charge in [-0.2, -0.15) is 4.98 Å². The number of rotatable bonds is 10. The number of benzene rings is 2. The maximum Gasteiger partial charge on any atom is 0.223 e. The van der Waals surface area contributed by atoms with Crippen LogP contribution in [-0.2, 0) is 18.1 Å². The Bertz CT molecular complexity index is 1530. The highest BCUT2D eigenvalue weighted by Crippen LogP contribution is 2.33. The molecular weight excluding hydrogens is 498 g/mol. The van der Waals surface area contributed by atoms with Crippen molar-refractivity contribution in [3.63, 3.8) is 0 Å². The monoisotopic (exact) mass is 529 g/mol. The second-order valence-electron chi connectivity index (χ2n) is 10.3. The molecule has 0 aliphatic carbocycles. The molecule has 0 saturated heterocycles. The molecule has 0 spiro atoms. The normalized spacial score (nSPS) is 11.8. The molecule has 0 bridgehead atoms. The summed E-state index contributed by atoms with van der Waals surface area (Å²) >= 11 is 0. The average Bonchev–Trinajstić information content (AvgIpc) is 3.49. The van der Waals surface area contributed by atoms with Gasteiger partial charge >= 0.3 is 0 Å². The smallest absolute Gasteiger partial charge is 0.223 e. The summed E-state index contributed by atoms with van der Waals surface area (Å²) in [4.78, 5) is 13.6. The number of aryl methyl sites for hydroxylation is 1. The van der Waals surface area contributed by atoms with Crippen molar-refractivity contribution < 1.29 is 19.1 Å². The number of imidazole rings is 1. The van der Waals surface area contributed by atoms with Gasteiger partial charge in [0.05, 0.1) is 17.6 Å². The first kappa shape index (κ1) is 25.8. The summed E-state index contributed by atoms with van der Waals surface area (Å²) in [6.07, 6.45) is 1.75. The maximum absolute atomic E-state index is 10.2. The molecule has 196 valence electrons. The van der Waals surface area contributed by atoms with E-state index in [1.807, 2.05) is 59.2 Å². The number of pyridine rings is 1. The van der Waals surface area contributed by atoms with E-state index < -0.39 is 8.07 Å². The van der Waals surface area contributed by atoms with Crippen molar-refractivity contribution in [2.45, 2.75) is 45.9 Å². The summed E-state index contributed by atoms with van der Waals surface area (Å²) in [5, 5.41) is 14.1. The minimum Gasteiger partial charge on any atom is -0.457 e. The topological polar surface area (TPSA) is 108 Å². The second-order valence-corrected chi connectivity index (χ2v) is 15.9. The number of aliphatic hydroxyl groups is 1. The van der Waals surface area contributed by atoms with E-state index in [4.69, 9.17) is 19.0 Å². The lowest BCUT2D eigenvalue weighted by Gasteiger charge is -2.16. The molecule has 38 heavy (non-hydrogen) atoms. The Morgan fingerprint density at radius 2 is 1.84 bits per heavy atom. The van der Waals surface area contributed by atoms with E-state index in [1.165, 1.54) is 0 Å². The van der Waals surface area contributed by atoms with Gasteiger partial charge < -0.3 is 19.1 Å². The Balaban J connectivity index is 1.46. The van der Waals surface area contributed by atoms with E-state index in [-0.39, 0.29) is 6.61 Å². The summed E-state index contributed by atoms with van der Waals surface area (Å²) in [5.74, 6) is 2.87. The van der Waals surface area contributed by atoms with Crippen molar-refractivity contribution in [1.29, 1.82) is 0 Å². The van der Waals surface area contributed by atoms with Crippen molar-refractivity contribution in [1.82, 2.24) is 24.7 Å². The van der Waals surface area contributed by atoms with Crippen LogP contribution >= 0.6 is 0 Å². The quantitative estimate of drug-likeness (QED) is 0.172. The Morgan fingerprint density at radius 3 is 2.50 bits per heavy atom. The van der Waals surface area contributed by atoms with Gasteiger partial charge in [-0.15, -0.1) is 0 Å². The fraction of sp³-hybridized carbons (Fsp3) is 0.286. The molecule has 1 N–H and O–H groups in total. The zero-order chi connectivity index (χ0) is 26.7. The molecule has 0 atom stereocenters. The number of nitrogens with zero attached hydrogens (tertiary/aromatic N) is 5. The molecule has 0 aliphatic rings. The Labute approximate surface area is 222 Å². The molecular formula is C28H31N5O4Si. The molecule has 5 aromatic rings. The number of hydrogen-bond acceptors (Lipinski definition) is 8. The van der Waals surface area contributed by atoms with E-state index in [1.54, 1.807) is 13.1 Å². The summed E-state index contributed by atoms with van der Waals surface area (Å²) in [6, 6.07) is 18.0. The van der Waals surface area contributed by atoms with Gasteiger partial charge in [-0.25, -0.2) is 4.98 Å². The molecule has 3 aromatic heterocycles. The number of ether oxygens (including phenoxy) is 2. The highest BCUT2D eigenvalue weighted by molar-refractivity contribution is 6.76. The zero-order valence-corrected chi connectivity index (χ0v) is 23.0. The van der Waals surface area contributed by atoms with Crippen molar-refractivity contribution in [2.75, 3.05) is 6.61 Å². The van der Waals surface area contributed by atoms with Crippen LogP contribution in [0, 0.1) is 6.92 Å². The predicted octanol–water partition coefficient (Wildman–Crippen LogP) is 6.05. The van der Waals surface area contributed by atoms with Crippen LogP contribution in [0.2, 0.25) is 25.7 Å². The minimum atomic E-state index is -1.22. The molecule has 5 rings (SSSR count). The van der Waals surface area contributed by atoms with Crippen LogP contribution < -0.4 is 4.74 Å². The van der Waals surface area contributed by atoms with Crippen molar-refractivity contribution in [2.24, 2.45) is 0 Å². The summed E-state index contributed by atoms with van der Waals surface area (Å²) in [6.45, 7) is 9.58. The summed E-state index contributed by atoms with van der Waals surface area (Å²) < 4.78 is 19.3. The first-order valence-electron chi connectivity index (χ1n) is 12.5. The van der Waals surface area contributed by atoms with E-state index in [9.17, 15) is 5.11 Å². The van der Waals surface area contributed by atoms with E-state index in [0.717, 1.165) is 28.3 Å². The lowest BCUT2D eigenvalue weighted by atomic mass is 10.1. The largest absolute Gasteiger partial charge is 0.457 e. The predicted molar refractivity (Wildman–Crippen MR) is 148 cm³/mol. The second kappa shape index (κ2) is 10.9. The summed E-state index contributed by atoms with van der Waals surface area (Å²) in [5.41, 5.74) is 3.78. The van der Waals surface area contributed by atoms with Crippen molar-refractivity contribution in [3.05, 3.63) is 72.2 Å². The van der Waals surface area contributed by atoms with Crippen LogP contribution in [0.4, 0.5) is 0 Å². The van der Waals surface area contributed by atoms with Crippen LogP contribution in [0.5, 0.6) is 11.5 Å². The van der Waals surface area contributed by atoms with Crippen LogP contribution in [0.1, 0.15) is 11.5 Å². The Kier molecular flexibility index (Phi) is 7.37. The lowest BCUT2D eigenvalue weighted by Crippen LogP contribution is -2.22. The van der Waals surface area contributed by atoms with Gasteiger partial charge in [-0.05, 0) is 48.5 Å². The third kappa shape index (κ3) is 5.82. The van der Waals surface area contributed by atoms with Crippen molar-refractivity contribution >= 4 is 19.1 Å². The molecule has 3 heterocycles. The highest BCUT2D eigenvalue weighted by atomic mass is 28.3. The van der Waals surface area contributed by atoms with Crippen molar-refractivity contribution in [3.8, 4) is 34.4 Å². The van der Waals surface area contributed by atoms with Gasteiger partial charge in [0.25, 0.3) is 0 Å². The number of aliphatic hydroxyl groups excluding tert-OH is 1. The standard InChI is InChI=1S/C28H31N5O4Si/c1-19-30-27(32-37-19)20-8-10-22(11-9-20)36-26-16-24-25(15-21(26)17-34)33(18-35-13-14-38(2,3)4)28(31-24)23-7-5-6-12-29-23/h5-12,15-16,34H,13-14,17-18H2,1-4H3. The fourth-order valence-electron chi connectivity index (χ4n) is 3.98. The lowest BCUT2D eigenvalue weighted by molar-refractivity contribution is 0.0909. The zero-order valence-electron chi connectivity index (χ0n) is 22.0. The number of hydrogen-bond donors (Lipinski definition) is 1. The first-order chi connectivity index (χ1) is 18.3. The average molecular weight is 530 g/mol.